The van der Waals surface area contributed by atoms with E-state index in [0.29, 0.717) is 22.8 Å². The van der Waals surface area contributed by atoms with Gasteiger partial charge in [-0.25, -0.2) is 0 Å². The highest BCUT2D eigenvalue weighted by Crippen LogP contribution is 2.36. The summed E-state index contributed by atoms with van der Waals surface area (Å²) in [6.45, 7) is 0.112. The molecule has 2 aromatic carbocycles. The van der Waals surface area contributed by atoms with Gasteiger partial charge in [-0.2, -0.15) is 0 Å². The summed E-state index contributed by atoms with van der Waals surface area (Å²) in [5.74, 6) is 0.867. The quantitative estimate of drug-likeness (QED) is 0.841. The molecule has 0 saturated heterocycles. The van der Waals surface area contributed by atoms with Crippen LogP contribution in [0.15, 0.2) is 36.4 Å². The third-order valence-electron chi connectivity index (χ3n) is 4.80. The molecule has 6 heteroatoms. The first-order valence-electron chi connectivity index (χ1n) is 8.48. The third kappa shape index (κ3) is 3.64. The molecule has 138 valence electrons. The van der Waals surface area contributed by atoms with E-state index in [1.54, 1.807) is 25.3 Å². The number of amides is 1. The maximum atomic E-state index is 12.6. The second kappa shape index (κ2) is 7.56. The summed E-state index contributed by atoms with van der Waals surface area (Å²) in [5, 5.41) is 14.4. The lowest BCUT2D eigenvalue weighted by molar-refractivity contribution is 0.0188. The summed E-state index contributed by atoms with van der Waals surface area (Å²) < 4.78 is 10.5. The van der Waals surface area contributed by atoms with Gasteiger partial charge in [0, 0.05) is 5.02 Å². The van der Waals surface area contributed by atoms with E-state index >= 15 is 0 Å². The van der Waals surface area contributed by atoms with Gasteiger partial charge in [0.15, 0.2) is 0 Å². The molecule has 1 aliphatic rings. The predicted octanol–water partition coefficient (Wildman–Crippen LogP) is 3.31. The number of hydrogen-bond donors (Lipinski definition) is 2. The zero-order valence-corrected chi connectivity index (χ0v) is 15.6. The van der Waals surface area contributed by atoms with Crippen LogP contribution in [0.3, 0.4) is 0 Å². The number of carbonyl (C=O) groups is 1. The van der Waals surface area contributed by atoms with Crippen molar-refractivity contribution in [2.45, 2.75) is 24.9 Å². The fraction of sp³-hybridized carbons (Fsp3) is 0.350. The van der Waals surface area contributed by atoms with Crippen molar-refractivity contribution < 1.29 is 19.4 Å². The minimum atomic E-state index is -1.11. The monoisotopic (exact) mass is 375 g/mol. The first kappa shape index (κ1) is 18.5. The van der Waals surface area contributed by atoms with Gasteiger partial charge in [0.1, 0.15) is 17.1 Å². The summed E-state index contributed by atoms with van der Waals surface area (Å²) >= 11 is 5.99. The maximum absolute atomic E-state index is 12.6. The molecule has 0 aliphatic heterocycles. The van der Waals surface area contributed by atoms with Crippen molar-refractivity contribution in [1.82, 2.24) is 5.32 Å². The number of methoxy groups -OCH3 is 2. The van der Waals surface area contributed by atoms with Crippen LogP contribution in [0, 0.1) is 0 Å². The van der Waals surface area contributed by atoms with E-state index in [2.05, 4.69) is 5.32 Å². The van der Waals surface area contributed by atoms with Gasteiger partial charge < -0.3 is 19.9 Å². The highest BCUT2D eigenvalue weighted by molar-refractivity contribution is 6.31. The lowest BCUT2D eigenvalue weighted by Crippen LogP contribution is -2.43. The molecule has 0 bridgehead atoms. The van der Waals surface area contributed by atoms with Crippen molar-refractivity contribution in [3.8, 4) is 11.5 Å². The van der Waals surface area contributed by atoms with Gasteiger partial charge in [0.05, 0.1) is 26.3 Å². The highest BCUT2D eigenvalue weighted by atomic mass is 35.5. The number of fused-ring (bicyclic) bond motifs is 1. The molecule has 26 heavy (non-hydrogen) atoms. The van der Waals surface area contributed by atoms with Crippen LogP contribution in [0.1, 0.15) is 34.3 Å². The molecule has 1 atom stereocenters. The van der Waals surface area contributed by atoms with E-state index in [0.717, 1.165) is 29.7 Å². The van der Waals surface area contributed by atoms with Gasteiger partial charge in [0.25, 0.3) is 5.91 Å². The Hall–Kier alpha value is -2.24. The molecule has 0 unspecified atom stereocenters. The Bertz CT molecular complexity index is 823. The lowest BCUT2D eigenvalue weighted by Gasteiger charge is -2.35. The van der Waals surface area contributed by atoms with E-state index in [1.807, 2.05) is 18.2 Å². The molecule has 2 aromatic rings. The minimum Gasteiger partial charge on any atom is -0.497 e. The number of rotatable bonds is 5. The van der Waals surface area contributed by atoms with Crippen LogP contribution >= 0.6 is 11.6 Å². The van der Waals surface area contributed by atoms with Gasteiger partial charge in [-0.05, 0) is 60.7 Å². The normalized spacial score (nSPS) is 18.8. The zero-order valence-electron chi connectivity index (χ0n) is 14.8. The number of ether oxygens (including phenoxy) is 2. The van der Waals surface area contributed by atoms with Gasteiger partial charge in [-0.3, -0.25) is 4.79 Å². The molecule has 0 saturated carbocycles. The SMILES string of the molecule is COc1ccc2c(c1)CCC[C@@]2(O)CNC(=O)c1cc(Cl)ccc1OC. The average Bonchev–Trinajstić information content (AvgIpc) is 2.66. The zero-order chi connectivity index (χ0) is 18.7. The van der Waals surface area contributed by atoms with E-state index < -0.39 is 5.60 Å². The van der Waals surface area contributed by atoms with Crippen LogP contribution in [0.25, 0.3) is 0 Å². The van der Waals surface area contributed by atoms with E-state index in [1.165, 1.54) is 7.11 Å². The Morgan fingerprint density at radius 1 is 1.23 bits per heavy atom. The van der Waals surface area contributed by atoms with Crippen molar-refractivity contribution >= 4 is 17.5 Å². The molecule has 5 nitrogen and oxygen atoms in total. The van der Waals surface area contributed by atoms with E-state index in [4.69, 9.17) is 21.1 Å². The summed E-state index contributed by atoms with van der Waals surface area (Å²) in [6.07, 6.45) is 2.30. The fourth-order valence-electron chi connectivity index (χ4n) is 3.43. The molecule has 0 aromatic heterocycles. The molecule has 0 fully saturated rings. The number of halogens is 1. The highest BCUT2D eigenvalue weighted by Gasteiger charge is 2.35. The van der Waals surface area contributed by atoms with Crippen LogP contribution in [0.4, 0.5) is 0 Å². The lowest BCUT2D eigenvalue weighted by atomic mass is 9.79. The van der Waals surface area contributed by atoms with Crippen LogP contribution < -0.4 is 14.8 Å². The van der Waals surface area contributed by atoms with Crippen LogP contribution in [-0.4, -0.2) is 31.8 Å². The van der Waals surface area contributed by atoms with Gasteiger partial charge in [-0.15, -0.1) is 0 Å². The molecule has 2 N–H and O–H groups in total. The number of aryl methyl sites for hydroxylation is 1. The Morgan fingerprint density at radius 2 is 2.04 bits per heavy atom. The molecule has 3 rings (SSSR count). The summed E-state index contributed by atoms with van der Waals surface area (Å²) in [5.41, 5.74) is 1.12. The molecule has 0 spiro atoms. The number of benzene rings is 2. The number of hydrogen-bond acceptors (Lipinski definition) is 4. The van der Waals surface area contributed by atoms with Gasteiger partial charge >= 0.3 is 0 Å². The van der Waals surface area contributed by atoms with Crippen molar-refractivity contribution in [3.63, 3.8) is 0 Å². The molecule has 1 amide bonds. The van der Waals surface area contributed by atoms with Crippen molar-refractivity contribution in [2.75, 3.05) is 20.8 Å². The number of nitrogens with one attached hydrogen (secondary N) is 1. The first-order chi connectivity index (χ1) is 12.5. The molecular formula is C20H22ClNO4. The molecular weight excluding hydrogens is 354 g/mol. The fourth-order valence-corrected chi connectivity index (χ4v) is 3.60. The third-order valence-corrected chi connectivity index (χ3v) is 5.03. The Labute approximate surface area is 157 Å². The smallest absolute Gasteiger partial charge is 0.255 e. The summed E-state index contributed by atoms with van der Waals surface area (Å²) in [4.78, 5) is 12.6. The summed E-state index contributed by atoms with van der Waals surface area (Å²) in [7, 11) is 3.12. The van der Waals surface area contributed by atoms with Crippen LogP contribution in [0.5, 0.6) is 11.5 Å². The van der Waals surface area contributed by atoms with Crippen molar-refractivity contribution in [1.29, 1.82) is 0 Å². The Morgan fingerprint density at radius 3 is 2.77 bits per heavy atom. The largest absolute Gasteiger partial charge is 0.497 e. The van der Waals surface area contributed by atoms with Crippen molar-refractivity contribution in [3.05, 3.63) is 58.1 Å². The first-order valence-corrected chi connectivity index (χ1v) is 8.86. The Balaban J connectivity index is 1.80. The Kier molecular flexibility index (Phi) is 5.39. The van der Waals surface area contributed by atoms with Gasteiger partial charge in [-0.1, -0.05) is 17.7 Å². The number of aliphatic hydroxyl groups is 1. The van der Waals surface area contributed by atoms with Crippen LogP contribution in [0.2, 0.25) is 5.02 Å². The second-order valence-electron chi connectivity index (χ2n) is 6.44. The van der Waals surface area contributed by atoms with Gasteiger partial charge in [0.2, 0.25) is 0 Å². The molecule has 0 heterocycles. The minimum absolute atomic E-state index is 0.112. The molecule has 0 radical (unpaired) electrons. The number of carbonyl (C=O) groups excluding carboxylic acids is 1. The predicted molar refractivity (Wildman–Crippen MR) is 100 cm³/mol. The maximum Gasteiger partial charge on any atom is 0.255 e. The second-order valence-corrected chi connectivity index (χ2v) is 6.87. The average molecular weight is 376 g/mol. The van der Waals surface area contributed by atoms with E-state index in [-0.39, 0.29) is 12.5 Å². The molecule has 1 aliphatic carbocycles. The van der Waals surface area contributed by atoms with Crippen molar-refractivity contribution in [2.24, 2.45) is 0 Å². The topological polar surface area (TPSA) is 67.8 Å². The van der Waals surface area contributed by atoms with Crippen LogP contribution in [-0.2, 0) is 12.0 Å². The van der Waals surface area contributed by atoms with E-state index in [9.17, 15) is 9.90 Å². The standard InChI is InChI=1S/C20H22ClNO4/c1-25-15-6-7-17-13(10-15)4-3-9-20(17,24)12-22-19(23)16-11-14(21)5-8-18(16)26-2/h5-8,10-11,24H,3-4,9,12H2,1-2H3,(H,22,23)/t20-/m1/s1. The summed E-state index contributed by atoms with van der Waals surface area (Å²) in [6, 6.07) is 10.5.